The molecule has 0 heterocycles. The van der Waals surface area contributed by atoms with Gasteiger partial charge < -0.3 is 64.6 Å². The first-order chi connectivity index (χ1) is 51.7. The smallest absolute Gasteiger partial charge is 0.196 e. The second-order valence-corrected chi connectivity index (χ2v) is 16.1. The van der Waals surface area contributed by atoms with Gasteiger partial charge in [-0.15, -0.1) is 0 Å². The standard InChI is InChI=1S/2C10H14O2.C9H12O2.C8H18O3.C8H9O2.C6H6O.5C3H8.14C2H6.2CH4.CH3.Re.Rh/c2*1-3-11-9(2)12-10-7-5-4-6-8-10;1-8(10-2)11-9-6-4-3-5-7-9;1-4-5-10-6-7-11-8(2)9-3;1-9-7-10-8-5-3-2-4-6-8;7-6-4-2-1-3-5-6;5*1-3-2;14*1-2;;;;;/h2*4-9H,3H2,1-2H3;3-8H,1-2H3;8H,4-7H2,1-3H3;2-7H,1H3;1-5,7H;5*3H2,1-2H3;14*1-2H3;2*1H4;1H3;;/q;;;;-1;;;;;;;;;;;;;;;;;;;;;;;-1;;. The Morgan fingerprint density at radius 3 is 0.685 bits per heavy atom. The van der Waals surface area contributed by atoms with Gasteiger partial charge in [0.1, 0.15) is 23.0 Å². The monoisotopic (exact) mass is 1860 g/mol. The predicted molar refractivity (Wildman–Crippen MR) is 508 cm³/mol. The van der Waals surface area contributed by atoms with E-state index in [0.29, 0.717) is 32.2 Å². The van der Waals surface area contributed by atoms with E-state index in [1.165, 1.54) is 38.9 Å². The van der Waals surface area contributed by atoms with Crippen molar-refractivity contribution in [3.05, 3.63) is 166 Å². The maximum Gasteiger partial charge on any atom is 0.196 e. The van der Waals surface area contributed by atoms with Gasteiger partial charge in [0.2, 0.25) is 0 Å². The Balaban J connectivity index is -0.0000000314. The maximum absolute atomic E-state index is 8.63. The molecule has 4 unspecified atom stereocenters. The van der Waals surface area contributed by atoms with Crippen molar-refractivity contribution in [3.63, 3.8) is 0 Å². The number of hydrogen-bond donors (Lipinski definition) is 1. The van der Waals surface area contributed by atoms with E-state index < -0.39 is 0 Å². The van der Waals surface area contributed by atoms with Crippen LogP contribution in [0.5, 0.6) is 28.7 Å². The summed E-state index contributed by atoms with van der Waals surface area (Å²) in [5, 5.41) is 8.63. The molecule has 4 atom stereocenters. The molecule has 0 saturated carbocycles. The fourth-order valence-corrected chi connectivity index (χ4v) is 4.28. The van der Waals surface area contributed by atoms with E-state index >= 15 is 0 Å². The van der Waals surface area contributed by atoms with Crippen LogP contribution in [-0.2, 0) is 73.1 Å². The Morgan fingerprint density at radius 1 is 0.297 bits per heavy atom. The van der Waals surface area contributed by atoms with Gasteiger partial charge >= 0.3 is 0 Å². The zero-order valence-corrected chi connectivity index (χ0v) is 86.6. The Bertz CT molecular complexity index is 1670. The third-order valence-corrected chi connectivity index (χ3v) is 7.31. The normalized spacial score (nSPS) is 8.22. The van der Waals surface area contributed by atoms with E-state index in [1.54, 1.807) is 45.6 Å². The maximum atomic E-state index is 8.63. The predicted octanol–water partition coefficient (Wildman–Crippen LogP) is 34.8. The van der Waals surface area contributed by atoms with E-state index in [9.17, 15) is 0 Å². The minimum atomic E-state index is -0.183. The topological polar surface area (TPSA) is 122 Å². The number of phenols is 1. The first-order valence-corrected chi connectivity index (χ1v) is 42.1. The number of para-hydroxylation sites is 5. The summed E-state index contributed by atoms with van der Waals surface area (Å²) < 4.78 is 56.5. The summed E-state index contributed by atoms with van der Waals surface area (Å²) in [5.41, 5.74) is 0. The quantitative estimate of drug-likeness (QED) is 0.0326. The second kappa shape index (κ2) is 232. The number of phenolic OH excluding ortho intramolecular Hbond substituents is 1. The summed E-state index contributed by atoms with van der Waals surface area (Å²) in [6, 6.07) is 47.1. The SMILES string of the molecule is C.C.CC.CC.CC.CC.CC.CC.CC.CC.CC.CC.CC.CC.CC.CC.CCC.CCC.CCC.CCC.CCC.CCCOCCOC(C)OC.CCOC(C)Oc1ccccc1.CCOC(C)Oc1ccccc1.COC(C)Oc1ccccc1.CO[CH-]Oc1ccccc1.Oc1ccccc1.[CH3-].[Re].[Rh]. The van der Waals surface area contributed by atoms with E-state index in [1.807, 2.05) is 363 Å². The molecule has 1 N–H and O–H groups in total. The summed E-state index contributed by atoms with van der Waals surface area (Å²) in [6.45, 7) is 95.4. The fraction of sp³-hybridized carbons (Fsp3) is 0.670. The van der Waals surface area contributed by atoms with Crippen molar-refractivity contribution in [1.29, 1.82) is 0 Å². The molecule has 686 valence electrons. The van der Waals surface area contributed by atoms with Crippen LogP contribution in [0.3, 0.4) is 0 Å². The molecular weight excluding hydrogens is 1650 g/mol. The molecule has 12 nitrogen and oxygen atoms in total. The summed E-state index contributed by atoms with van der Waals surface area (Å²) >= 11 is 0. The van der Waals surface area contributed by atoms with Crippen molar-refractivity contribution in [2.75, 3.05) is 54.4 Å². The number of benzene rings is 5. The van der Waals surface area contributed by atoms with E-state index in [-0.39, 0.29) is 87.3 Å². The van der Waals surface area contributed by atoms with Crippen molar-refractivity contribution >= 4 is 0 Å². The first kappa shape index (κ1) is 179. The molecule has 0 aromatic heterocycles. The van der Waals surface area contributed by atoms with Gasteiger partial charge in [-0.2, -0.15) is 0 Å². The number of ether oxygens (including phenoxy) is 11. The number of rotatable bonds is 21. The van der Waals surface area contributed by atoms with Crippen LogP contribution in [0.25, 0.3) is 0 Å². The zero-order chi connectivity index (χ0) is 88.1. The van der Waals surface area contributed by atoms with Crippen LogP contribution in [0.2, 0.25) is 0 Å². The summed E-state index contributed by atoms with van der Waals surface area (Å²) in [7, 11) is 4.79. The van der Waals surface area contributed by atoms with Crippen LogP contribution >= 0.6 is 0 Å². The van der Waals surface area contributed by atoms with Crippen LogP contribution in [0.4, 0.5) is 0 Å². The van der Waals surface area contributed by atoms with Crippen molar-refractivity contribution in [2.45, 2.75) is 390 Å². The number of hydrogen-bond acceptors (Lipinski definition) is 12. The molecule has 0 amide bonds. The summed E-state index contributed by atoms with van der Waals surface area (Å²) in [5.74, 6) is 3.63. The van der Waals surface area contributed by atoms with Crippen LogP contribution in [0.15, 0.2) is 152 Å². The van der Waals surface area contributed by atoms with Crippen molar-refractivity contribution in [1.82, 2.24) is 0 Å². The van der Waals surface area contributed by atoms with E-state index in [2.05, 4.69) is 80.9 Å². The molecule has 0 spiro atoms. The third-order valence-electron chi connectivity index (χ3n) is 7.31. The Hall–Kier alpha value is -3.89. The van der Waals surface area contributed by atoms with Gasteiger partial charge in [-0.05, 0) is 115 Å². The van der Waals surface area contributed by atoms with E-state index in [0.717, 1.165) is 36.0 Å². The third kappa shape index (κ3) is 241. The van der Waals surface area contributed by atoms with Gasteiger partial charge in [0.25, 0.3) is 0 Å². The average molecular weight is 1860 g/mol. The summed E-state index contributed by atoms with van der Waals surface area (Å²) in [4.78, 5) is 0. The Labute approximate surface area is 731 Å². The van der Waals surface area contributed by atoms with Gasteiger partial charge in [0.05, 0.1) is 19.0 Å². The molecule has 0 aliphatic heterocycles. The molecule has 5 aromatic carbocycles. The van der Waals surface area contributed by atoms with E-state index in [4.69, 9.17) is 52.5 Å². The van der Waals surface area contributed by atoms with Gasteiger partial charge in [-0.25, -0.2) is 0 Å². The van der Waals surface area contributed by atoms with Crippen LogP contribution in [0, 0.1) is 14.2 Å². The molecule has 0 fully saturated rings. The molecule has 0 bridgehead atoms. The van der Waals surface area contributed by atoms with Crippen LogP contribution < -0.4 is 18.9 Å². The molecule has 0 saturated heterocycles. The average Bonchev–Trinajstić information content (AvgIpc) is 0.975. The van der Waals surface area contributed by atoms with Crippen molar-refractivity contribution in [3.8, 4) is 28.7 Å². The molecule has 111 heavy (non-hydrogen) atoms. The van der Waals surface area contributed by atoms with Crippen molar-refractivity contribution < 1.29 is 97.1 Å². The minimum Gasteiger partial charge on any atom is -0.635 e. The Morgan fingerprint density at radius 2 is 0.505 bits per heavy atom. The molecule has 5 aromatic rings. The second-order valence-electron chi connectivity index (χ2n) is 16.1. The largest absolute Gasteiger partial charge is 0.635 e. The number of aromatic hydroxyl groups is 1. The van der Waals surface area contributed by atoms with Crippen LogP contribution in [-0.4, -0.2) is 84.6 Å². The Kier molecular flexibility index (Phi) is 374. The minimum absolute atomic E-state index is 0. The summed E-state index contributed by atoms with van der Waals surface area (Å²) in [6.07, 6.45) is 6.66. The van der Waals surface area contributed by atoms with Gasteiger partial charge in [0.15, 0.2) is 25.2 Å². The van der Waals surface area contributed by atoms with Crippen LogP contribution in [0.1, 0.15) is 365 Å². The molecule has 5 rings (SSSR count). The fourth-order valence-electron chi connectivity index (χ4n) is 4.28. The molecule has 14 heteroatoms. The van der Waals surface area contributed by atoms with Gasteiger partial charge in [-0.3, -0.25) is 0 Å². The molecular formula is C97H208O12ReRh-2. The number of methoxy groups -OCH3 is 3. The molecule has 2 radical (unpaired) electrons. The molecule has 0 aliphatic rings. The molecule has 0 aliphatic carbocycles. The zero-order valence-electron chi connectivity index (χ0n) is 82.2. The van der Waals surface area contributed by atoms with Crippen molar-refractivity contribution in [2.24, 2.45) is 0 Å². The van der Waals surface area contributed by atoms with Gasteiger partial charge in [-0.1, -0.05) is 408 Å². The first-order valence-electron chi connectivity index (χ1n) is 42.1. The van der Waals surface area contributed by atoms with Gasteiger partial charge in [0, 0.05) is 81.1 Å².